The summed E-state index contributed by atoms with van der Waals surface area (Å²) >= 11 is 0. The minimum absolute atomic E-state index is 0.0750. The van der Waals surface area contributed by atoms with Crippen LogP contribution in [-0.4, -0.2) is 31.5 Å². The van der Waals surface area contributed by atoms with E-state index < -0.39 is 6.29 Å². The Hall–Kier alpha value is -2.77. The second kappa shape index (κ2) is 9.25. The van der Waals surface area contributed by atoms with Crippen molar-refractivity contribution in [3.8, 4) is 11.5 Å². The maximum Gasteiger partial charge on any atom is 0.241 e. The maximum absolute atomic E-state index is 12.5. The molecule has 2 aromatic rings. The molecule has 2 atom stereocenters. The number of benzene rings is 2. The van der Waals surface area contributed by atoms with Gasteiger partial charge in [-0.15, -0.1) is 0 Å². The van der Waals surface area contributed by atoms with Gasteiger partial charge in [0.25, 0.3) is 0 Å². The van der Waals surface area contributed by atoms with Crippen molar-refractivity contribution in [3.05, 3.63) is 54.1 Å². The molecule has 1 aliphatic rings. The van der Waals surface area contributed by atoms with Crippen LogP contribution in [0.4, 0.5) is 5.69 Å². The zero-order valence-electron chi connectivity index (χ0n) is 15.6. The van der Waals surface area contributed by atoms with E-state index in [9.17, 15) is 4.79 Å². The summed E-state index contributed by atoms with van der Waals surface area (Å²) in [5.41, 5.74) is 8.04. The van der Waals surface area contributed by atoms with Gasteiger partial charge >= 0.3 is 0 Å². The number of anilines is 1. The molecular formula is C20H26N4O3. The molecule has 2 unspecified atom stereocenters. The van der Waals surface area contributed by atoms with E-state index in [-0.39, 0.29) is 11.9 Å². The van der Waals surface area contributed by atoms with Crippen molar-refractivity contribution >= 4 is 11.6 Å². The van der Waals surface area contributed by atoms with Gasteiger partial charge < -0.3 is 20.1 Å². The van der Waals surface area contributed by atoms with Crippen LogP contribution in [0, 0.1) is 0 Å². The Balaban J connectivity index is 1.55. The first-order valence-electron chi connectivity index (χ1n) is 9.21. The summed E-state index contributed by atoms with van der Waals surface area (Å²) in [6.45, 7) is 5.10. The van der Waals surface area contributed by atoms with Crippen LogP contribution in [0.15, 0.2) is 48.5 Å². The fourth-order valence-corrected chi connectivity index (χ4v) is 2.89. The highest BCUT2D eigenvalue weighted by molar-refractivity contribution is 5.83. The zero-order chi connectivity index (χ0) is 19.1. The van der Waals surface area contributed by atoms with Crippen molar-refractivity contribution in [1.82, 2.24) is 16.2 Å². The predicted octanol–water partition coefficient (Wildman–Crippen LogP) is 2.01. The summed E-state index contributed by atoms with van der Waals surface area (Å²) in [5, 5.41) is 6.16. The molecule has 0 radical (unpaired) electrons. The van der Waals surface area contributed by atoms with Crippen LogP contribution in [0.1, 0.15) is 19.4 Å². The molecule has 1 saturated heterocycles. The predicted molar refractivity (Wildman–Crippen MR) is 105 cm³/mol. The van der Waals surface area contributed by atoms with Crippen molar-refractivity contribution in [2.45, 2.75) is 32.6 Å². The topological polar surface area (TPSA) is 83.7 Å². The van der Waals surface area contributed by atoms with Crippen LogP contribution in [-0.2, 0) is 11.2 Å². The van der Waals surface area contributed by atoms with Crippen LogP contribution in [0.5, 0.6) is 11.5 Å². The lowest BCUT2D eigenvalue weighted by atomic mass is 10.1. The lowest BCUT2D eigenvalue weighted by Gasteiger charge is -2.32. The number of hydrazine groups is 1. The van der Waals surface area contributed by atoms with Gasteiger partial charge in [0.1, 0.15) is 17.5 Å². The molecule has 7 nitrogen and oxygen atoms in total. The molecule has 1 amide bonds. The molecular weight excluding hydrogens is 344 g/mol. The third-order valence-corrected chi connectivity index (χ3v) is 4.17. The van der Waals surface area contributed by atoms with Crippen LogP contribution >= 0.6 is 0 Å². The van der Waals surface area contributed by atoms with Gasteiger partial charge in [-0.2, -0.15) is 0 Å². The Kier molecular flexibility index (Phi) is 6.51. The lowest BCUT2D eigenvalue weighted by Crippen LogP contribution is -2.68. The van der Waals surface area contributed by atoms with E-state index in [1.807, 2.05) is 62.4 Å². The van der Waals surface area contributed by atoms with E-state index in [1.54, 1.807) is 0 Å². The number of ether oxygens (including phenoxy) is 2. The first-order chi connectivity index (χ1) is 13.2. The van der Waals surface area contributed by atoms with Crippen molar-refractivity contribution in [2.24, 2.45) is 0 Å². The summed E-state index contributed by atoms with van der Waals surface area (Å²) in [6, 6.07) is 15.0. The minimum Gasteiger partial charge on any atom is -0.494 e. The number of hydrogen-bond donors (Lipinski definition) is 4. The standard InChI is InChI=1S/C20H26N4O3/c1-3-26-15-11-9-14(10-12-15)13-17-19(25)22-20(24-23-17)21-16-7-5-6-8-18(16)27-4-2/h5-12,17,20-21,23-24H,3-4,13H2,1-2H3,(H,22,25). The van der Waals surface area contributed by atoms with E-state index in [0.717, 1.165) is 22.7 Å². The molecule has 0 bridgehead atoms. The van der Waals surface area contributed by atoms with E-state index in [0.29, 0.717) is 19.6 Å². The molecule has 1 heterocycles. The average molecular weight is 370 g/mol. The summed E-state index contributed by atoms with van der Waals surface area (Å²) in [5.74, 6) is 1.50. The number of para-hydroxylation sites is 2. The molecule has 27 heavy (non-hydrogen) atoms. The fraction of sp³-hybridized carbons (Fsp3) is 0.350. The molecule has 1 aliphatic heterocycles. The van der Waals surface area contributed by atoms with Gasteiger partial charge in [0.05, 0.1) is 18.9 Å². The van der Waals surface area contributed by atoms with Gasteiger partial charge in [-0.25, -0.2) is 10.9 Å². The third kappa shape index (κ3) is 5.12. The summed E-state index contributed by atoms with van der Waals surface area (Å²) in [6.07, 6.45) is 0.142. The Bertz CT molecular complexity index is 751. The van der Waals surface area contributed by atoms with E-state index in [4.69, 9.17) is 9.47 Å². The SMILES string of the molecule is CCOc1ccc(CC2NNC(Nc3ccccc3OCC)NC2=O)cc1. The van der Waals surface area contributed by atoms with Crippen LogP contribution in [0.3, 0.4) is 0 Å². The van der Waals surface area contributed by atoms with Crippen LogP contribution in [0.25, 0.3) is 0 Å². The van der Waals surface area contributed by atoms with E-state index in [1.165, 1.54) is 0 Å². The molecule has 0 aliphatic carbocycles. The Morgan fingerprint density at radius 3 is 2.41 bits per heavy atom. The zero-order valence-corrected chi connectivity index (χ0v) is 15.6. The number of carbonyl (C=O) groups is 1. The summed E-state index contributed by atoms with van der Waals surface area (Å²) in [7, 11) is 0. The smallest absolute Gasteiger partial charge is 0.241 e. The van der Waals surface area contributed by atoms with Gasteiger partial charge in [-0.3, -0.25) is 4.79 Å². The molecule has 144 valence electrons. The molecule has 1 fully saturated rings. The highest BCUT2D eigenvalue weighted by atomic mass is 16.5. The molecule has 3 rings (SSSR count). The van der Waals surface area contributed by atoms with Crippen LogP contribution in [0.2, 0.25) is 0 Å². The monoisotopic (exact) mass is 370 g/mol. The summed E-state index contributed by atoms with van der Waals surface area (Å²) in [4.78, 5) is 12.5. The number of nitrogens with one attached hydrogen (secondary N) is 4. The summed E-state index contributed by atoms with van der Waals surface area (Å²) < 4.78 is 11.0. The first kappa shape index (κ1) is 19.0. The molecule has 2 aromatic carbocycles. The van der Waals surface area contributed by atoms with Gasteiger partial charge in [-0.1, -0.05) is 24.3 Å². The first-order valence-corrected chi connectivity index (χ1v) is 9.21. The van der Waals surface area contributed by atoms with Gasteiger partial charge in [0.15, 0.2) is 6.29 Å². The van der Waals surface area contributed by atoms with Gasteiger partial charge in [-0.05, 0) is 50.1 Å². The molecule has 7 heteroatoms. The van der Waals surface area contributed by atoms with Crippen molar-refractivity contribution in [2.75, 3.05) is 18.5 Å². The minimum atomic E-state index is -0.435. The Morgan fingerprint density at radius 2 is 1.70 bits per heavy atom. The third-order valence-electron chi connectivity index (χ3n) is 4.17. The number of amides is 1. The highest BCUT2D eigenvalue weighted by Gasteiger charge is 2.27. The average Bonchev–Trinajstić information content (AvgIpc) is 2.67. The fourth-order valence-electron chi connectivity index (χ4n) is 2.89. The lowest BCUT2D eigenvalue weighted by molar-refractivity contribution is -0.126. The Labute approximate surface area is 159 Å². The molecule has 0 saturated carbocycles. The largest absolute Gasteiger partial charge is 0.494 e. The number of carbonyl (C=O) groups excluding carboxylic acids is 1. The van der Waals surface area contributed by atoms with Crippen LogP contribution < -0.4 is 31.0 Å². The maximum atomic E-state index is 12.5. The quantitative estimate of drug-likeness (QED) is 0.569. The second-order valence-electron chi connectivity index (χ2n) is 6.14. The van der Waals surface area contributed by atoms with Crippen molar-refractivity contribution < 1.29 is 14.3 Å². The van der Waals surface area contributed by atoms with Crippen molar-refractivity contribution in [1.29, 1.82) is 0 Å². The van der Waals surface area contributed by atoms with E-state index >= 15 is 0 Å². The Morgan fingerprint density at radius 1 is 0.963 bits per heavy atom. The normalized spacial score (nSPS) is 19.3. The number of hydrogen-bond acceptors (Lipinski definition) is 6. The number of rotatable bonds is 8. The molecule has 0 spiro atoms. The molecule has 4 N–H and O–H groups in total. The molecule has 0 aromatic heterocycles. The van der Waals surface area contributed by atoms with E-state index in [2.05, 4.69) is 21.5 Å². The van der Waals surface area contributed by atoms with Gasteiger partial charge in [0.2, 0.25) is 5.91 Å². The van der Waals surface area contributed by atoms with Gasteiger partial charge in [0, 0.05) is 0 Å². The van der Waals surface area contributed by atoms with Crippen molar-refractivity contribution in [3.63, 3.8) is 0 Å². The second-order valence-corrected chi connectivity index (χ2v) is 6.14. The highest BCUT2D eigenvalue weighted by Crippen LogP contribution is 2.24.